The highest BCUT2D eigenvalue weighted by Crippen LogP contribution is 2.32. The molecule has 2 saturated heterocycles. The molecule has 0 unspecified atom stereocenters. The molecule has 0 radical (unpaired) electrons. The molecule has 0 aromatic heterocycles. The van der Waals surface area contributed by atoms with Gasteiger partial charge < -0.3 is 10.2 Å². The Morgan fingerprint density at radius 3 is 2.21 bits per heavy atom. The van der Waals surface area contributed by atoms with E-state index in [0.29, 0.717) is 31.1 Å². The zero-order valence-corrected chi connectivity index (χ0v) is 17.9. The predicted octanol–water partition coefficient (Wildman–Crippen LogP) is 3.24. The zero-order chi connectivity index (χ0) is 20.1. The van der Waals surface area contributed by atoms with Crippen LogP contribution in [0.15, 0.2) is 23.1 Å². The van der Waals surface area contributed by atoms with E-state index in [-0.39, 0.29) is 10.8 Å². The molecule has 1 aromatic rings. The Labute approximate surface area is 169 Å². The van der Waals surface area contributed by atoms with Gasteiger partial charge in [-0.05, 0) is 56.2 Å². The molecular weight excluding hydrogens is 374 g/mol. The minimum absolute atomic E-state index is 0.214. The second-order valence-corrected chi connectivity index (χ2v) is 10.2. The van der Waals surface area contributed by atoms with Crippen LogP contribution in [0.4, 0.5) is 5.69 Å². The third-order valence-corrected chi connectivity index (χ3v) is 7.45. The van der Waals surface area contributed by atoms with Crippen molar-refractivity contribution in [2.75, 3.05) is 37.6 Å². The van der Waals surface area contributed by atoms with Gasteiger partial charge >= 0.3 is 0 Å². The Kier molecular flexibility index (Phi) is 6.99. The molecule has 156 valence electrons. The van der Waals surface area contributed by atoms with E-state index in [0.717, 1.165) is 50.9 Å². The molecule has 1 aromatic carbocycles. The Bertz CT molecular complexity index is 780. The molecule has 0 bridgehead atoms. The quantitative estimate of drug-likeness (QED) is 0.786. The SMILES string of the molecule is CC(C)CNC(=O)c1ccc(N2CCCCC2)c(S(=O)(=O)N2CCCCC2)c1. The molecule has 0 aliphatic carbocycles. The van der Waals surface area contributed by atoms with Crippen LogP contribution >= 0.6 is 0 Å². The monoisotopic (exact) mass is 407 g/mol. The fourth-order valence-electron chi connectivity index (χ4n) is 3.90. The number of amides is 1. The summed E-state index contributed by atoms with van der Waals surface area (Å²) in [6, 6.07) is 5.17. The zero-order valence-electron chi connectivity index (χ0n) is 17.1. The molecular formula is C21H33N3O3S. The Morgan fingerprint density at radius 2 is 1.61 bits per heavy atom. The third-order valence-electron chi connectivity index (χ3n) is 5.52. The van der Waals surface area contributed by atoms with Gasteiger partial charge in [0, 0.05) is 38.3 Å². The summed E-state index contributed by atoms with van der Waals surface area (Å²) < 4.78 is 28.5. The average molecular weight is 408 g/mol. The molecule has 2 aliphatic heterocycles. The fourth-order valence-corrected chi connectivity index (χ4v) is 5.66. The van der Waals surface area contributed by atoms with Crippen molar-refractivity contribution < 1.29 is 13.2 Å². The van der Waals surface area contributed by atoms with Crippen molar-refractivity contribution >= 4 is 21.6 Å². The maximum absolute atomic E-state index is 13.5. The number of hydrogen-bond donors (Lipinski definition) is 1. The predicted molar refractivity (Wildman–Crippen MR) is 112 cm³/mol. The van der Waals surface area contributed by atoms with E-state index in [1.54, 1.807) is 16.4 Å². The minimum atomic E-state index is -3.62. The molecule has 7 heteroatoms. The van der Waals surface area contributed by atoms with Gasteiger partial charge in [-0.2, -0.15) is 4.31 Å². The van der Waals surface area contributed by atoms with Crippen molar-refractivity contribution in [1.29, 1.82) is 0 Å². The first-order chi connectivity index (χ1) is 13.4. The molecule has 6 nitrogen and oxygen atoms in total. The lowest BCUT2D eigenvalue weighted by Gasteiger charge is -2.33. The van der Waals surface area contributed by atoms with Crippen molar-refractivity contribution in [3.8, 4) is 0 Å². The van der Waals surface area contributed by atoms with Crippen LogP contribution in [0.2, 0.25) is 0 Å². The number of rotatable bonds is 6. The third kappa shape index (κ3) is 4.87. The van der Waals surface area contributed by atoms with Gasteiger partial charge in [-0.1, -0.05) is 20.3 Å². The summed E-state index contributed by atoms with van der Waals surface area (Å²) in [5.41, 5.74) is 1.16. The van der Waals surface area contributed by atoms with Crippen LogP contribution in [0, 0.1) is 5.92 Å². The summed E-state index contributed by atoms with van der Waals surface area (Å²) >= 11 is 0. The molecule has 3 rings (SSSR count). The first kappa shape index (κ1) is 21.1. The molecule has 2 aliphatic rings. The van der Waals surface area contributed by atoms with Crippen LogP contribution in [0.25, 0.3) is 0 Å². The number of sulfonamides is 1. The number of benzene rings is 1. The maximum Gasteiger partial charge on any atom is 0.251 e. The van der Waals surface area contributed by atoms with Crippen LogP contribution in [-0.2, 0) is 10.0 Å². The second-order valence-electron chi connectivity index (χ2n) is 8.30. The molecule has 0 atom stereocenters. The van der Waals surface area contributed by atoms with Crippen molar-refractivity contribution in [1.82, 2.24) is 9.62 Å². The molecule has 0 spiro atoms. The van der Waals surface area contributed by atoms with Gasteiger partial charge in [0.2, 0.25) is 10.0 Å². The number of nitrogens with zero attached hydrogens (tertiary/aromatic N) is 2. The highest BCUT2D eigenvalue weighted by molar-refractivity contribution is 7.89. The van der Waals surface area contributed by atoms with E-state index in [4.69, 9.17) is 0 Å². The molecule has 1 amide bonds. The first-order valence-corrected chi connectivity index (χ1v) is 12.0. The number of hydrogen-bond acceptors (Lipinski definition) is 4. The normalized spacial score (nSPS) is 19.0. The summed E-state index contributed by atoms with van der Waals surface area (Å²) in [7, 11) is -3.62. The van der Waals surface area contributed by atoms with E-state index in [1.807, 2.05) is 19.9 Å². The average Bonchev–Trinajstić information content (AvgIpc) is 2.72. The lowest BCUT2D eigenvalue weighted by atomic mass is 10.1. The number of carbonyl (C=O) groups excluding carboxylic acids is 1. The summed E-state index contributed by atoms with van der Waals surface area (Å²) in [4.78, 5) is 15.0. The summed E-state index contributed by atoms with van der Waals surface area (Å²) in [6.07, 6.45) is 6.18. The minimum Gasteiger partial charge on any atom is -0.370 e. The Hall–Kier alpha value is -1.60. The van der Waals surface area contributed by atoms with Crippen molar-refractivity contribution in [3.05, 3.63) is 23.8 Å². The van der Waals surface area contributed by atoms with Crippen LogP contribution in [0.5, 0.6) is 0 Å². The number of piperidine rings is 2. The number of anilines is 1. The topological polar surface area (TPSA) is 69.7 Å². The molecule has 1 N–H and O–H groups in total. The van der Waals surface area contributed by atoms with Crippen LogP contribution in [-0.4, -0.2) is 51.4 Å². The number of carbonyl (C=O) groups is 1. The van der Waals surface area contributed by atoms with Gasteiger partial charge in [-0.25, -0.2) is 8.42 Å². The Morgan fingerprint density at radius 1 is 1.00 bits per heavy atom. The standard InChI is InChI=1S/C21H33N3O3S/c1-17(2)16-22-21(25)18-9-10-19(23-11-5-3-6-12-23)20(15-18)28(26,27)24-13-7-4-8-14-24/h9-10,15,17H,3-8,11-14,16H2,1-2H3,(H,22,25). The van der Waals surface area contributed by atoms with Crippen molar-refractivity contribution in [3.63, 3.8) is 0 Å². The van der Waals surface area contributed by atoms with Crippen LogP contribution in [0.3, 0.4) is 0 Å². The number of nitrogens with one attached hydrogen (secondary N) is 1. The van der Waals surface area contributed by atoms with E-state index in [1.165, 1.54) is 6.42 Å². The lowest BCUT2D eigenvalue weighted by molar-refractivity contribution is 0.0949. The van der Waals surface area contributed by atoms with E-state index >= 15 is 0 Å². The van der Waals surface area contributed by atoms with E-state index in [2.05, 4.69) is 10.2 Å². The largest absolute Gasteiger partial charge is 0.370 e. The smallest absolute Gasteiger partial charge is 0.251 e. The summed E-state index contributed by atoms with van der Waals surface area (Å²) in [5.74, 6) is 0.127. The molecule has 28 heavy (non-hydrogen) atoms. The van der Waals surface area contributed by atoms with E-state index < -0.39 is 10.0 Å². The van der Waals surface area contributed by atoms with Gasteiger partial charge in [0.05, 0.1) is 5.69 Å². The highest BCUT2D eigenvalue weighted by atomic mass is 32.2. The lowest BCUT2D eigenvalue weighted by Crippen LogP contribution is -2.38. The summed E-state index contributed by atoms with van der Waals surface area (Å²) in [5, 5.41) is 2.89. The molecule has 2 fully saturated rings. The van der Waals surface area contributed by atoms with Crippen molar-refractivity contribution in [2.24, 2.45) is 5.92 Å². The maximum atomic E-state index is 13.5. The highest BCUT2D eigenvalue weighted by Gasteiger charge is 2.31. The van der Waals surface area contributed by atoms with Gasteiger partial charge in [-0.3, -0.25) is 4.79 Å². The van der Waals surface area contributed by atoms with Gasteiger partial charge in [0.15, 0.2) is 0 Å². The van der Waals surface area contributed by atoms with Crippen molar-refractivity contribution in [2.45, 2.75) is 57.3 Å². The fraction of sp³-hybridized carbons (Fsp3) is 0.667. The van der Waals surface area contributed by atoms with Crippen LogP contribution < -0.4 is 10.2 Å². The summed E-state index contributed by atoms with van der Waals surface area (Å²) in [6.45, 7) is 7.48. The van der Waals surface area contributed by atoms with Gasteiger partial charge in [-0.15, -0.1) is 0 Å². The first-order valence-electron chi connectivity index (χ1n) is 10.6. The van der Waals surface area contributed by atoms with Gasteiger partial charge in [0.25, 0.3) is 5.91 Å². The molecule has 2 heterocycles. The van der Waals surface area contributed by atoms with E-state index in [9.17, 15) is 13.2 Å². The Balaban J connectivity index is 1.96. The second kappa shape index (κ2) is 9.27. The van der Waals surface area contributed by atoms with Gasteiger partial charge in [0.1, 0.15) is 4.90 Å². The molecule has 0 saturated carbocycles. The van der Waals surface area contributed by atoms with Crippen LogP contribution in [0.1, 0.15) is 62.7 Å².